The lowest BCUT2D eigenvalue weighted by atomic mass is 9.98. The first-order chi connectivity index (χ1) is 10.8. The average Bonchev–Trinajstić information content (AvgIpc) is 2.85. The third kappa shape index (κ3) is 4.66. The Kier molecular flexibility index (Phi) is 5.61. The first-order valence-corrected chi connectivity index (χ1v) is 9.61. The predicted molar refractivity (Wildman–Crippen MR) is 81.1 cm³/mol. The van der Waals surface area contributed by atoms with E-state index in [1.807, 2.05) is 0 Å². The number of piperidine rings is 1. The number of hydrogen-bond donors (Lipinski definition) is 1. The van der Waals surface area contributed by atoms with Crippen LogP contribution in [0.2, 0.25) is 0 Å². The fourth-order valence-corrected chi connectivity index (χ4v) is 4.59. The summed E-state index contributed by atoms with van der Waals surface area (Å²) < 4.78 is 27.7. The van der Waals surface area contributed by atoms with Crippen molar-refractivity contribution in [3.8, 4) is 0 Å². The second-order valence-electron chi connectivity index (χ2n) is 5.92. The van der Waals surface area contributed by atoms with Crippen LogP contribution in [-0.2, 0) is 29.0 Å². The number of hydrogen-bond acceptors (Lipinski definition) is 6. The highest BCUT2D eigenvalue weighted by Gasteiger charge is 2.34. The summed E-state index contributed by atoms with van der Waals surface area (Å²) >= 11 is 0. The van der Waals surface area contributed by atoms with Gasteiger partial charge in [-0.15, -0.1) is 0 Å². The summed E-state index contributed by atoms with van der Waals surface area (Å²) in [5.41, 5.74) is 0. The molecule has 2 heterocycles. The van der Waals surface area contributed by atoms with Gasteiger partial charge in [-0.05, 0) is 26.2 Å². The summed E-state index contributed by atoms with van der Waals surface area (Å²) in [6.07, 6.45) is 1.58. The molecule has 2 unspecified atom stereocenters. The van der Waals surface area contributed by atoms with E-state index >= 15 is 0 Å². The molecule has 0 saturated carbocycles. The molecule has 2 saturated heterocycles. The predicted octanol–water partition coefficient (Wildman–Crippen LogP) is -0.909. The molecule has 2 fully saturated rings. The van der Waals surface area contributed by atoms with Gasteiger partial charge in [0.2, 0.25) is 0 Å². The van der Waals surface area contributed by atoms with Crippen molar-refractivity contribution in [1.29, 1.82) is 0 Å². The van der Waals surface area contributed by atoms with Crippen LogP contribution in [0, 0.1) is 5.92 Å². The van der Waals surface area contributed by atoms with Crippen LogP contribution < -0.4 is 5.32 Å². The van der Waals surface area contributed by atoms with Crippen molar-refractivity contribution in [2.45, 2.75) is 32.2 Å². The molecule has 0 bridgehead atoms. The van der Waals surface area contributed by atoms with Gasteiger partial charge in [-0.2, -0.15) is 0 Å². The van der Waals surface area contributed by atoms with Crippen LogP contribution in [0.3, 0.4) is 0 Å². The van der Waals surface area contributed by atoms with Gasteiger partial charge in [-0.25, -0.2) is 8.42 Å². The highest BCUT2D eigenvalue weighted by atomic mass is 32.2. The number of nitrogens with one attached hydrogen (secondary N) is 1. The lowest BCUT2D eigenvalue weighted by Gasteiger charge is -2.31. The van der Waals surface area contributed by atoms with Crippen LogP contribution in [0.1, 0.15) is 26.2 Å². The van der Waals surface area contributed by atoms with Crippen LogP contribution in [-0.4, -0.2) is 68.3 Å². The summed E-state index contributed by atoms with van der Waals surface area (Å²) in [6, 6.07) is -0.512. The Balaban J connectivity index is 1.89. The molecule has 2 aliphatic heterocycles. The Labute approximate surface area is 135 Å². The zero-order chi connectivity index (χ0) is 17.0. The maximum absolute atomic E-state index is 12.2. The molecule has 130 valence electrons. The van der Waals surface area contributed by atoms with Crippen molar-refractivity contribution in [2.24, 2.45) is 5.92 Å². The van der Waals surface area contributed by atoms with E-state index in [0.717, 1.165) is 0 Å². The van der Waals surface area contributed by atoms with Crippen LogP contribution in [0.25, 0.3) is 0 Å². The van der Waals surface area contributed by atoms with E-state index in [1.54, 1.807) is 6.92 Å². The lowest BCUT2D eigenvalue weighted by Crippen LogP contribution is -2.50. The molecular weight excluding hydrogens is 324 g/mol. The molecule has 2 amide bonds. The smallest absolute Gasteiger partial charge is 0.311 e. The summed E-state index contributed by atoms with van der Waals surface area (Å²) in [5, 5.41) is 2.48. The fourth-order valence-electron chi connectivity index (χ4n) is 2.91. The van der Waals surface area contributed by atoms with Gasteiger partial charge in [-0.3, -0.25) is 14.4 Å². The number of rotatable bonds is 3. The minimum absolute atomic E-state index is 0.0286. The molecule has 1 N–H and O–H groups in total. The number of esters is 1. The Morgan fingerprint density at radius 2 is 2.00 bits per heavy atom. The first-order valence-electron chi connectivity index (χ1n) is 7.79. The molecule has 2 aliphatic rings. The van der Waals surface area contributed by atoms with Gasteiger partial charge in [-0.1, -0.05) is 0 Å². The minimum atomic E-state index is -3.12. The Hall–Kier alpha value is -1.64. The van der Waals surface area contributed by atoms with Crippen LogP contribution in [0.4, 0.5) is 0 Å². The number of carbonyl (C=O) groups excluding carboxylic acids is 3. The zero-order valence-electron chi connectivity index (χ0n) is 13.1. The molecule has 0 radical (unpaired) electrons. The average molecular weight is 346 g/mol. The van der Waals surface area contributed by atoms with Crippen molar-refractivity contribution in [3.05, 3.63) is 0 Å². The van der Waals surface area contributed by atoms with Gasteiger partial charge in [0, 0.05) is 19.1 Å². The van der Waals surface area contributed by atoms with Crippen molar-refractivity contribution in [3.63, 3.8) is 0 Å². The Morgan fingerprint density at radius 3 is 2.61 bits per heavy atom. The molecule has 2 atom stereocenters. The van der Waals surface area contributed by atoms with Gasteiger partial charge in [0.25, 0.3) is 0 Å². The normalized spacial score (nSPS) is 26.6. The topological polar surface area (TPSA) is 110 Å². The van der Waals surface area contributed by atoms with E-state index in [4.69, 9.17) is 4.74 Å². The van der Waals surface area contributed by atoms with Crippen molar-refractivity contribution >= 4 is 27.6 Å². The van der Waals surface area contributed by atoms with E-state index < -0.39 is 33.6 Å². The number of ether oxygens (including phenoxy) is 1. The van der Waals surface area contributed by atoms with E-state index in [9.17, 15) is 22.8 Å². The molecule has 0 spiro atoms. The molecule has 0 aromatic heterocycles. The molecule has 0 aromatic rings. The lowest BCUT2D eigenvalue weighted by molar-refractivity contribution is -0.154. The van der Waals surface area contributed by atoms with E-state index in [1.165, 1.54) is 4.90 Å². The Morgan fingerprint density at radius 1 is 1.26 bits per heavy atom. The summed E-state index contributed by atoms with van der Waals surface area (Å²) in [6.45, 7) is 2.56. The highest BCUT2D eigenvalue weighted by molar-refractivity contribution is 7.91. The van der Waals surface area contributed by atoms with Gasteiger partial charge in [0.15, 0.2) is 9.84 Å². The first kappa shape index (κ1) is 17.7. The monoisotopic (exact) mass is 346 g/mol. The van der Waals surface area contributed by atoms with E-state index in [-0.39, 0.29) is 30.6 Å². The zero-order valence-corrected chi connectivity index (χ0v) is 13.9. The molecule has 8 nitrogen and oxygen atoms in total. The number of sulfone groups is 1. The van der Waals surface area contributed by atoms with E-state index in [0.29, 0.717) is 25.8 Å². The minimum Gasteiger partial charge on any atom is -0.466 e. The van der Waals surface area contributed by atoms with Gasteiger partial charge in [0.1, 0.15) is 0 Å². The molecule has 0 aromatic carbocycles. The number of amides is 2. The molecule has 9 heteroatoms. The fraction of sp³-hybridized carbons (Fsp3) is 0.786. The third-order valence-electron chi connectivity index (χ3n) is 4.09. The summed E-state index contributed by atoms with van der Waals surface area (Å²) in [4.78, 5) is 37.3. The Bertz CT molecular complexity index is 588. The number of nitrogens with zero attached hydrogens (tertiary/aromatic N) is 1. The van der Waals surface area contributed by atoms with Crippen molar-refractivity contribution in [1.82, 2.24) is 10.2 Å². The summed E-state index contributed by atoms with van der Waals surface area (Å²) in [5.74, 6) is -2.39. The van der Waals surface area contributed by atoms with Crippen molar-refractivity contribution < 1.29 is 27.5 Å². The molecule has 0 aliphatic carbocycles. The second kappa shape index (κ2) is 7.29. The maximum atomic E-state index is 12.2. The van der Waals surface area contributed by atoms with Crippen LogP contribution in [0.15, 0.2) is 0 Å². The van der Waals surface area contributed by atoms with Crippen LogP contribution in [0.5, 0.6) is 0 Å². The van der Waals surface area contributed by atoms with Crippen LogP contribution >= 0.6 is 0 Å². The molecule has 2 rings (SSSR count). The summed E-state index contributed by atoms with van der Waals surface area (Å²) in [7, 11) is -3.12. The number of carbonyl (C=O) groups is 3. The van der Waals surface area contributed by atoms with Crippen molar-refractivity contribution in [2.75, 3.05) is 31.2 Å². The van der Waals surface area contributed by atoms with E-state index in [2.05, 4.69) is 5.32 Å². The largest absolute Gasteiger partial charge is 0.466 e. The highest BCUT2D eigenvalue weighted by Crippen LogP contribution is 2.18. The third-order valence-corrected chi connectivity index (χ3v) is 5.86. The maximum Gasteiger partial charge on any atom is 0.311 e. The van der Waals surface area contributed by atoms with Gasteiger partial charge >= 0.3 is 17.8 Å². The standard InChI is InChI=1S/C14H22N2O6S/c1-2-22-14(19)10-4-3-6-16(8-10)13(18)12(17)15-11-5-7-23(20,21)9-11/h10-11H,2-9H2,1H3,(H,15,17). The number of likely N-dealkylation sites (tertiary alicyclic amines) is 1. The SMILES string of the molecule is CCOC(=O)C1CCCN(C(=O)C(=O)NC2CCS(=O)(=O)C2)C1. The van der Waals surface area contributed by atoms with Gasteiger partial charge in [0.05, 0.1) is 24.0 Å². The molecular formula is C14H22N2O6S. The quantitative estimate of drug-likeness (QED) is 0.523. The van der Waals surface area contributed by atoms with Gasteiger partial charge < -0.3 is 15.0 Å². The molecule has 23 heavy (non-hydrogen) atoms. The second-order valence-corrected chi connectivity index (χ2v) is 8.14.